The summed E-state index contributed by atoms with van der Waals surface area (Å²) in [5.41, 5.74) is -2.50. The van der Waals surface area contributed by atoms with E-state index in [1.165, 1.54) is 11.8 Å². The van der Waals surface area contributed by atoms with Gasteiger partial charge in [0.2, 0.25) is 11.4 Å². The number of benzene rings is 4. The minimum absolute atomic E-state index is 0.118. The monoisotopic (exact) mass is 1210 g/mol. The van der Waals surface area contributed by atoms with E-state index < -0.39 is 58.2 Å². The molecule has 4 aromatic carbocycles. The van der Waals surface area contributed by atoms with Crippen LogP contribution in [0.1, 0.15) is 37.7 Å². The van der Waals surface area contributed by atoms with E-state index in [0.29, 0.717) is 68.1 Å². The SMILES string of the molecule is N#CC(C#N)=Nc1ccc(C2=NC3C(S2)C2=CC4C=C5OC(C(=O)OCc6ccccc6)(C(=O)OCc6ccccc6)c6nc(-c7ccc(N=C(C#N)C#N)s7)sc6C5=CC4C=C2OC3(C(=O)OCc2ccccc2)C(=O)OCc2ccccc2)s1. The van der Waals surface area contributed by atoms with Crippen LogP contribution < -0.4 is 0 Å². The van der Waals surface area contributed by atoms with E-state index in [1.54, 1.807) is 158 Å². The number of thiazole rings is 1. The fraction of sp³-hybridized carbons (Fsp3) is 0.156. The van der Waals surface area contributed by atoms with E-state index in [-0.39, 0.29) is 55.1 Å². The molecule has 1 saturated heterocycles. The Morgan fingerprint density at radius 3 is 1.48 bits per heavy atom. The van der Waals surface area contributed by atoms with Crippen LogP contribution in [-0.2, 0) is 79.6 Å². The first-order chi connectivity index (χ1) is 42.0. The van der Waals surface area contributed by atoms with E-state index in [4.69, 9.17) is 38.4 Å². The number of nitrogens with zero attached hydrogens (tertiary/aromatic N) is 8. The van der Waals surface area contributed by atoms with Gasteiger partial charge in [0.15, 0.2) is 0 Å². The number of hydrogen-bond donors (Lipinski definition) is 0. The number of nitriles is 4. The number of thioether (sulfide) groups is 1. The van der Waals surface area contributed by atoms with Crippen LogP contribution >= 0.6 is 45.8 Å². The van der Waals surface area contributed by atoms with Gasteiger partial charge in [-0.25, -0.2) is 34.1 Å². The van der Waals surface area contributed by atoms with E-state index in [0.717, 1.165) is 34.0 Å². The summed E-state index contributed by atoms with van der Waals surface area (Å²) < 4.78 is 38.0. The highest BCUT2D eigenvalue weighted by molar-refractivity contribution is 8.15. The number of carbonyl (C=O) groups is 4. The lowest BCUT2D eigenvalue weighted by atomic mass is 9.74. The molecule has 4 unspecified atom stereocenters. The van der Waals surface area contributed by atoms with Gasteiger partial charge >= 0.3 is 35.1 Å². The summed E-state index contributed by atoms with van der Waals surface area (Å²) in [6.07, 6.45) is 7.36. The Morgan fingerprint density at radius 1 is 0.523 bits per heavy atom. The first-order valence-corrected chi connectivity index (χ1v) is 29.7. The van der Waals surface area contributed by atoms with Crippen molar-refractivity contribution in [1.29, 1.82) is 21.0 Å². The first-order valence-electron chi connectivity index (χ1n) is 26.3. The van der Waals surface area contributed by atoms with Gasteiger partial charge in [0.05, 0.1) is 19.9 Å². The Morgan fingerprint density at radius 2 is 0.977 bits per heavy atom. The number of fused-ring (bicyclic) bond motifs is 7. The van der Waals surface area contributed by atoms with Gasteiger partial charge in [0, 0.05) is 23.0 Å². The second-order valence-electron chi connectivity index (χ2n) is 19.5. The molecule has 3 aromatic heterocycles. The fourth-order valence-electron chi connectivity index (χ4n) is 10.1. The number of ether oxygens (including phenoxy) is 6. The number of thiophene rings is 2. The maximum atomic E-state index is 15.2. The summed E-state index contributed by atoms with van der Waals surface area (Å²) >= 11 is 4.68. The lowest BCUT2D eigenvalue weighted by Crippen LogP contribution is -2.63. The Labute approximate surface area is 506 Å². The lowest BCUT2D eigenvalue weighted by molar-refractivity contribution is -0.193. The third kappa shape index (κ3) is 10.8. The third-order valence-corrected chi connectivity index (χ3v) is 18.8. The Bertz CT molecular complexity index is 4150. The summed E-state index contributed by atoms with van der Waals surface area (Å²) in [5, 5.41) is 38.6. The molecule has 3 aliphatic heterocycles. The number of allylic oxidation sites excluding steroid dienone is 6. The predicted octanol–water partition coefficient (Wildman–Crippen LogP) is 11.4. The smallest absolute Gasteiger partial charge is 0.369 e. The van der Waals surface area contributed by atoms with Gasteiger partial charge < -0.3 is 28.4 Å². The molecular weight excluding hydrogens is 1170 g/mol. The molecule has 6 heterocycles. The molecule has 0 bridgehead atoms. The molecule has 0 amide bonds. The van der Waals surface area contributed by atoms with Crippen LogP contribution in [0, 0.1) is 57.2 Å². The zero-order valence-corrected chi connectivity index (χ0v) is 47.9. The summed E-state index contributed by atoms with van der Waals surface area (Å²) in [7, 11) is 0. The van der Waals surface area contributed by atoms with Gasteiger partial charge in [-0.15, -0.1) is 34.0 Å². The number of carbonyl (C=O) groups excluding carboxylic acids is 4. The molecule has 420 valence electrons. The van der Waals surface area contributed by atoms with Crippen molar-refractivity contribution in [1.82, 2.24) is 4.98 Å². The van der Waals surface area contributed by atoms with Crippen molar-refractivity contribution in [3.63, 3.8) is 0 Å². The highest BCUT2D eigenvalue weighted by atomic mass is 32.2. The molecule has 0 saturated carbocycles. The van der Waals surface area contributed by atoms with Crippen molar-refractivity contribution in [3.05, 3.63) is 225 Å². The standard InChI is InChI=1S/C64H40N8O10S4/c65-29-43(30-66)69-51-23-21-49(83-51)57-71-55-53(85-57)45-25-42-28-48-46(26-41(42)27-47(45)81-63(55,59(73)77-33-37-13-5-1-6-14-37)60(74)78-34-38-15-7-2-8-16-38)54-56(72-58(86-54)50-22-24-52(84-50)70-44(31-67)32-68)64(82-48,61(75)79-35-39-17-9-3-10-18-39)62(76)80-36-40-19-11-4-12-20-40/h1-28,41-42,53,55H,33-36H2. The van der Waals surface area contributed by atoms with Crippen LogP contribution in [0.5, 0.6) is 0 Å². The molecule has 0 N–H and O–H groups in total. The van der Waals surface area contributed by atoms with E-state index >= 15 is 19.2 Å². The molecule has 86 heavy (non-hydrogen) atoms. The maximum Gasteiger partial charge on any atom is 0.369 e. The minimum Gasteiger partial charge on any atom is -0.462 e. The number of hydrogen-bond acceptors (Lipinski definition) is 22. The quantitative estimate of drug-likeness (QED) is 0.0376. The second kappa shape index (κ2) is 24.1. The van der Waals surface area contributed by atoms with E-state index in [1.807, 2.05) is 36.4 Å². The Kier molecular flexibility index (Phi) is 15.7. The van der Waals surface area contributed by atoms with Crippen molar-refractivity contribution in [2.75, 3.05) is 0 Å². The van der Waals surface area contributed by atoms with Crippen molar-refractivity contribution in [2.45, 2.75) is 48.9 Å². The second-order valence-corrected chi connectivity index (χ2v) is 23.8. The Hall–Kier alpha value is -10.3. The molecule has 18 nitrogen and oxygen atoms in total. The third-order valence-electron chi connectivity index (χ3n) is 14.2. The fourth-order valence-corrected chi connectivity index (χ4v) is 14.5. The van der Waals surface area contributed by atoms with Crippen molar-refractivity contribution in [2.24, 2.45) is 26.8 Å². The van der Waals surface area contributed by atoms with Gasteiger partial charge in [0.1, 0.15) is 94.0 Å². The van der Waals surface area contributed by atoms with E-state index in [2.05, 4.69) is 9.98 Å². The van der Waals surface area contributed by atoms with Crippen molar-refractivity contribution >= 4 is 102 Å². The average Bonchev–Trinajstić information content (AvgIpc) is 1.49. The Balaban J connectivity index is 0.992. The largest absolute Gasteiger partial charge is 0.462 e. The molecule has 12 rings (SSSR count). The normalized spacial score (nSPS) is 18.5. The lowest BCUT2D eigenvalue weighted by Gasteiger charge is -2.44. The van der Waals surface area contributed by atoms with Crippen molar-refractivity contribution in [3.8, 4) is 34.2 Å². The van der Waals surface area contributed by atoms with E-state index in [9.17, 15) is 21.0 Å². The van der Waals surface area contributed by atoms with Crippen LogP contribution in [-0.4, -0.2) is 62.2 Å². The molecule has 22 heteroatoms. The molecule has 4 atom stereocenters. The van der Waals surface area contributed by atoms with Crippen LogP contribution in [0.25, 0.3) is 15.5 Å². The minimum atomic E-state index is -2.65. The number of esters is 4. The summed E-state index contributed by atoms with van der Waals surface area (Å²) in [6.45, 7) is -0.934. The topological polar surface area (TPSA) is 269 Å². The summed E-state index contributed by atoms with van der Waals surface area (Å²) in [6, 6.07) is 48.2. The highest BCUT2D eigenvalue weighted by Gasteiger charge is 2.67. The van der Waals surface area contributed by atoms with Gasteiger partial charge in [-0.2, -0.15) is 21.0 Å². The van der Waals surface area contributed by atoms with Gasteiger partial charge in [-0.3, -0.25) is 4.99 Å². The predicted molar refractivity (Wildman–Crippen MR) is 319 cm³/mol. The van der Waals surface area contributed by atoms with Crippen LogP contribution in [0.3, 0.4) is 0 Å². The molecule has 0 spiro atoms. The number of aromatic nitrogens is 1. The molecule has 0 radical (unpaired) electrons. The van der Waals surface area contributed by atoms with Crippen molar-refractivity contribution < 1.29 is 47.6 Å². The number of rotatable bonds is 16. The van der Waals surface area contributed by atoms with Crippen LogP contribution in [0.15, 0.2) is 202 Å². The zero-order chi connectivity index (χ0) is 59.4. The van der Waals surface area contributed by atoms with Gasteiger partial charge in [-0.1, -0.05) is 145 Å². The van der Waals surface area contributed by atoms with Gasteiger partial charge in [0.25, 0.3) is 0 Å². The van der Waals surface area contributed by atoms with Crippen LogP contribution in [0.2, 0.25) is 0 Å². The number of aliphatic imine (C=N–C) groups is 3. The molecular formula is C64H40N8O10S4. The average molecular weight is 1210 g/mol. The van der Waals surface area contributed by atoms with Gasteiger partial charge in [-0.05, 0) is 58.7 Å². The molecule has 2 aliphatic carbocycles. The molecule has 5 aliphatic rings. The summed E-state index contributed by atoms with van der Waals surface area (Å²) in [4.78, 5) is 80.8. The maximum absolute atomic E-state index is 15.2. The zero-order valence-electron chi connectivity index (χ0n) is 44.6. The summed E-state index contributed by atoms with van der Waals surface area (Å²) in [5.74, 6) is -5.22. The molecule has 1 fully saturated rings. The molecule has 7 aromatic rings. The first kappa shape index (κ1) is 56.2. The van der Waals surface area contributed by atoms with Crippen LogP contribution in [0.4, 0.5) is 10.0 Å². The highest BCUT2D eigenvalue weighted by Crippen LogP contribution is 2.56.